The third kappa shape index (κ3) is 3.24. The minimum atomic E-state index is -0.164. The van der Waals surface area contributed by atoms with Crippen LogP contribution in [0.5, 0.6) is 0 Å². The predicted molar refractivity (Wildman–Crippen MR) is 71.9 cm³/mol. The number of aryl methyl sites for hydroxylation is 1. The average Bonchev–Trinajstić information content (AvgIpc) is 2.34. The molecule has 18 heavy (non-hydrogen) atoms. The number of nitriles is 1. The quantitative estimate of drug-likeness (QED) is 0.827. The number of nitrogen functional groups attached to an aromatic ring is 1. The van der Waals surface area contributed by atoms with Crippen LogP contribution in [0.1, 0.15) is 29.8 Å². The monoisotopic (exact) mass is 245 g/mol. The van der Waals surface area contributed by atoms with Crippen LogP contribution in [0.2, 0.25) is 0 Å². The molecular weight excluding hydrogens is 226 g/mol. The van der Waals surface area contributed by atoms with E-state index in [1.54, 1.807) is 23.1 Å². The molecule has 0 aliphatic heterocycles. The molecule has 1 atom stereocenters. The van der Waals surface area contributed by atoms with E-state index in [0.717, 1.165) is 5.56 Å². The van der Waals surface area contributed by atoms with Crippen molar-refractivity contribution in [3.63, 3.8) is 0 Å². The van der Waals surface area contributed by atoms with Crippen LogP contribution in [0.4, 0.5) is 5.69 Å². The summed E-state index contributed by atoms with van der Waals surface area (Å²) >= 11 is 0. The number of anilines is 1. The van der Waals surface area contributed by atoms with Gasteiger partial charge < -0.3 is 10.6 Å². The number of hydrogen-bond donors (Lipinski definition) is 1. The van der Waals surface area contributed by atoms with Crippen LogP contribution < -0.4 is 5.73 Å². The van der Waals surface area contributed by atoms with Crippen molar-refractivity contribution >= 4 is 11.6 Å². The first-order chi connectivity index (χ1) is 8.49. The molecule has 4 heteroatoms. The van der Waals surface area contributed by atoms with Crippen molar-refractivity contribution in [2.75, 3.05) is 18.8 Å². The summed E-state index contributed by atoms with van der Waals surface area (Å²) in [5.74, 6) is -0.208. The minimum absolute atomic E-state index is 0.0444. The highest BCUT2D eigenvalue weighted by Gasteiger charge is 2.18. The summed E-state index contributed by atoms with van der Waals surface area (Å²) in [4.78, 5) is 14.0. The van der Waals surface area contributed by atoms with Crippen LogP contribution >= 0.6 is 0 Å². The largest absolute Gasteiger partial charge is 0.399 e. The van der Waals surface area contributed by atoms with Gasteiger partial charge in [0.2, 0.25) is 0 Å². The normalized spacial score (nSPS) is 11.7. The predicted octanol–water partition coefficient (Wildman–Crippen LogP) is 2.20. The smallest absolute Gasteiger partial charge is 0.254 e. The fourth-order valence-corrected chi connectivity index (χ4v) is 1.82. The molecular formula is C14H19N3O. The molecule has 1 rings (SSSR count). The molecule has 96 valence electrons. The van der Waals surface area contributed by atoms with Crippen molar-refractivity contribution in [2.24, 2.45) is 5.92 Å². The lowest BCUT2D eigenvalue weighted by molar-refractivity contribution is 0.0752. The highest BCUT2D eigenvalue weighted by atomic mass is 16.2. The highest BCUT2D eigenvalue weighted by Crippen LogP contribution is 2.15. The Morgan fingerprint density at radius 1 is 1.56 bits per heavy atom. The summed E-state index contributed by atoms with van der Waals surface area (Å²) < 4.78 is 0. The molecule has 2 N–H and O–H groups in total. The number of rotatable bonds is 4. The Morgan fingerprint density at radius 2 is 2.22 bits per heavy atom. The van der Waals surface area contributed by atoms with Crippen molar-refractivity contribution in [2.45, 2.75) is 20.8 Å². The summed E-state index contributed by atoms with van der Waals surface area (Å²) in [7, 11) is 0. The number of benzene rings is 1. The summed E-state index contributed by atoms with van der Waals surface area (Å²) in [5, 5.41) is 8.82. The molecule has 1 aromatic rings. The van der Waals surface area contributed by atoms with E-state index in [1.165, 1.54) is 0 Å². The number of hydrogen-bond acceptors (Lipinski definition) is 3. The number of carbonyl (C=O) groups is 1. The van der Waals surface area contributed by atoms with Crippen LogP contribution in [0, 0.1) is 24.2 Å². The second-order valence-corrected chi connectivity index (χ2v) is 4.45. The fourth-order valence-electron chi connectivity index (χ4n) is 1.82. The van der Waals surface area contributed by atoms with Gasteiger partial charge in [0.25, 0.3) is 5.91 Å². The van der Waals surface area contributed by atoms with Gasteiger partial charge in [0.15, 0.2) is 0 Å². The van der Waals surface area contributed by atoms with Gasteiger partial charge in [-0.05, 0) is 44.5 Å². The van der Waals surface area contributed by atoms with Gasteiger partial charge in [0, 0.05) is 24.3 Å². The summed E-state index contributed by atoms with van der Waals surface area (Å²) in [6.45, 7) is 6.63. The first-order valence-corrected chi connectivity index (χ1v) is 6.04. The van der Waals surface area contributed by atoms with Crippen LogP contribution in [-0.2, 0) is 0 Å². The second-order valence-electron chi connectivity index (χ2n) is 4.45. The molecule has 1 amide bonds. The third-order valence-corrected chi connectivity index (χ3v) is 2.86. The Balaban J connectivity index is 2.94. The third-order valence-electron chi connectivity index (χ3n) is 2.86. The number of nitrogens with zero attached hydrogens (tertiary/aromatic N) is 2. The van der Waals surface area contributed by atoms with Gasteiger partial charge in [-0.15, -0.1) is 0 Å². The average molecular weight is 245 g/mol. The Hall–Kier alpha value is -2.02. The Kier molecular flexibility index (Phi) is 4.73. The van der Waals surface area contributed by atoms with E-state index in [1.807, 2.05) is 20.8 Å². The Morgan fingerprint density at radius 3 is 2.72 bits per heavy atom. The second kappa shape index (κ2) is 6.06. The van der Waals surface area contributed by atoms with Crippen molar-refractivity contribution in [3.05, 3.63) is 29.3 Å². The van der Waals surface area contributed by atoms with Crippen LogP contribution in [-0.4, -0.2) is 23.9 Å². The lowest BCUT2D eigenvalue weighted by Gasteiger charge is -2.23. The topological polar surface area (TPSA) is 70.1 Å². The fraction of sp³-hybridized carbons (Fsp3) is 0.429. The number of amides is 1. The molecule has 0 aliphatic rings. The van der Waals surface area contributed by atoms with Crippen LogP contribution in [0.3, 0.4) is 0 Å². The van der Waals surface area contributed by atoms with Crippen molar-refractivity contribution in [1.82, 2.24) is 4.90 Å². The van der Waals surface area contributed by atoms with E-state index >= 15 is 0 Å². The molecule has 0 aromatic heterocycles. The van der Waals surface area contributed by atoms with Gasteiger partial charge in [0.05, 0.1) is 12.0 Å². The molecule has 0 heterocycles. The standard InChI is InChI=1S/C14H19N3O/c1-4-17(9-10(2)8-15)14(18)13-6-5-12(16)7-11(13)3/h5-7,10H,4,9,16H2,1-3H3. The first-order valence-electron chi connectivity index (χ1n) is 6.04. The van der Waals surface area contributed by atoms with E-state index in [2.05, 4.69) is 6.07 Å². The van der Waals surface area contributed by atoms with E-state index in [4.69, 9.17) is 11.0 Å². The summed E-state index contributed by atoms with van der Waals surface area (Å²) in [6, 6.07) is 7.40. The van der Waals surface area contributed by atoms with Crippen LogP contribution in [0.15, 0.2) is 18.2 Å². The lowest BCUT2D eigenvalue weighted by atomic mass is 10.1. The number of carbonyl (C=O) groups excluding carboxylic acids is 1. The highest BCUT2D eigenvalue weighted by molar-refractivity contribution is 5.96. The maximum absolute atomic E-state index is 12.3. The van der Waals surface area contributed by atoms with E-state index < -0.39 is 0 Å². The molecule has 4 nitrogen and oxygen atoms in total. The first kappa shape index (κ1) is 14.0. The molecule has 1 aromatic carbocycles. The molecule has 0 saturated heterocycles. The van der Waals surface area contributed by atoms with Crippen molar-refractivity contribution in [3.8, 4) is 6.07 Å². The van der Waals surface area contributed by atoms with Crippen LogP contribution in [0.25, 0.3) is 0 Å². The molecule has 0 radical (unpaired) electrons. The zero-order chi connectivity index (χ0) is 13.7. The maximum Gasteiger partial charge on any atom is 0.254 e. The van der Waals surface area contributed by atoms with E-state index in [0.29, 0.717) is 24.3 Å². The Bertz CT molecular complexity index is 476. The zero-order valence-electron chi connectivity index (χ0n) is 11.1. The van der Waals surface area contributed by atoms with Crippen molar-refractivity contribution < 1.29 is 4.79 Å². The van der Waals surface area contributed by atoms with Gasteiger partial charge in [-0.3, -0.25) is 4.79 Å². The summed E-state index contributed by atoms with van der Waals surface area (Å²) in [5.41, 5.74) is 7.83. The molecule has 0 bridgehead atoms. The number of nitrogens with two attached hydrogens (primary N) is 1. The SMILES string of the molecule is CCN(CC(C)C#N)C(=O)c1ccc(N)cc1C. The van der Waals surface area contributed by atoms with Gasteiger partial charge in [-0.25, -0.2) is 0 Å². The summed E-state index contributed by atoms with van der Waals surface area (Å²) in [6.07, 6.45) is 0. The van der Waals surface area contributed by atoms with Crippen molar-refractivity contribution in [1.29, 1.82) is 5.26 Å². The van der Waals surface area contributed by atoms with E-state index in [9.17, 15) is 4.79 Å². The molecule has 0 spiro atoms. The van der Waals surface area contributed by atoms with E-state index in [-0.39, 0.29) is 11.8 Å². The van der Waals surface area contributed by atoms with Gasteiger partial charge in [0.1, 0.15) is 0 Å². The molecule has 1 unspecified atom stereocenters. The zero-order valence-corrected chi connectivity index (χ0v) is 11.1. The molecule has 0 fully saturated rings. The maximum atomic E-state index is 12.3. The molecule has 0 aliphatic carbocycles. The Labute approximate surface area is 108 Å². The van der Waals surface area contributed by atoms with Gasteiger partial charge in [-0.2, -0.15) is 5.26 Å². The lowest BCUT2D eigenvalue weighted by Crippen LogP contribution is -2.34. The van der Waals surface area contributed by atoms with Gasteiger partial charge >= 0.3 is 0 Å². The van der Waals surface area contributed by atoms with Gasteiger partial charge in [-0.1, -0.05) is 0 Å². The minimum Gasteiger partial charge on any atom is -0.399 e. The molecule has 0 saturated carbocycles.